The number of hydrogen-bond acceptors (Lipinski definition) is 5. The molecule has 0 aromatic heterocycles. The molecule has 3 aliphatic heterocycles. The van der Waals surface area contributed by atoms with Crippen molar-refractivity contribution in [1.29, 1.82) is 0 Å². The van der Waals surface area contributed by atoms with Crippen LogP contribution in [0, 0.1) is 5.92 Å². The van der Waals surface area contributed by atoms with Gasteiger partial charge in [0.2, 0.25) is 14.3 Å². The Labute approximate surface area is 218 Å². The van der Waals surface area contributed by atoms with E-state index in [0.717, 1.165) is 12.8 Å². The summed E-state index contributed by atoms with van der Waals surface area (Å²) < 4.78 is 28.2. The third-order valence-electron chi connectivity index (χ3n) is 8.37. The molecule has 9 heteroatoms. The minimum atomic E-state index is -3.40. The molecule has 0 saturated carbocycles. The average Bonchev–Trinajstić information content (AvgIpc) is 3.53. The van der Waals surface area contributed by atoms with Gasteiger partial charge in [0.1, 0.15) is 5.75 Å². The van der Waals surface area contributed by atoms with Gasteiger partial charge in [-0.1, -0.05) is 25.1 Å². The van der Waals surface area contributed by atoms with Gasteiger partial charge >= 0.3 is 0 Å². The molecule has 2 aromatic carbocycles. The number of para-hydroxylation sites is 1. The van der Waals surface area contributed by atoms with Gasteiger partial charge in [-0.3, -0.25) is 14.5 Å². The summed E-state index contributed by atoms with van der Waals surface area (Å²) in [5.74, 6) is -0.365. The van der Waals surface area contributed by atoms with Gasteiger partial charge in [0.15, 0.2) is 5.60 Å². The number of hydrogen-bond donors (Lipinski definition) is 1. The molecule has 198 valence electrons. The molecule has 0 aliphatic carbocycles. The third kappa shape index (κ3) is 4.08. The zero-order valence-corrected chi connectivity index (χ0v) is 22.8. The maximum atomic E-state index is 16.0. The van der Waals surface area contributed by atoms with Crippen LogP contribution in [0.2, 0.25) is 18.6 Å². The summed E-state index contributed by atoms with van der Waals surface area (Å²) >= 11 is 0. The number of amides is 2. The summed E-state index contributed by atoms with van der Waals surface area (Å²) in [5.41, 5.74) is -0.00572. The molecule has 2 aromatic rings. The van der Waals surface area contributed by atoms with E-state index in [1.807, 2.05) is 49.4 Å². The van der Waals surface area contributed by atoms with Crippen LogP contribution in [0.1, 0.15) is 31.7 Å². The van der Waals surface area contributed by atoms with Gasteiger partial charge in [-0.25, -0.2) is 0 Å². The molecule has 1 spiro atoms. The van der Waals surface area contributed by atoms with Gasteiger partial charge in [-0.15, -0.1) is 0 Å². The van der Waals surface area contributed by atoms with Crippen LogP contribution in [0.5, 0.6) is 5.75 Å². The van der Waals surface area contributed by atoms with Crippen molar-refractivity contribution in [3.8, 4) is 5.75 Å². The largest absolute Gasteiger partial charge is 0.497 e. The summed E-state index contributed by atoms with van der Waals surface area (Å²) in [7, 11) is -1.83. The Morgan fingerprint density at radius 3 is 2.62 bits per heavy atom. The fourth-order valence-corrected chi connectivity index (χ4v) is 9.25. The lowest BCUT2D eigenvalue weighted by molar-refractivity contribution is -0.149. The van der Waals surface area contributed by atoms with Gasteiger partial charge in [0.05, 0.1) is 38.0 Å². The first kappa shape index (κ1) is 25.9. The highest BCUT2D eigenvalue weighted by atomic mass is 28.4. The molecule has 0 unspecified atom stereocenters. The Bertz CT molecular complexity index is 1190. The number of aliphatic hydroxyl groups excluding tert-OH is 1. The number of ether oxygens (including phenoxy) is 2. The van der Waals surface area contributed by atoms with Gasteiger partial charge in [-0.05, 0) is 56.3 Å². The predicted molar refractivity (Wildman–Crippen MR) is 141 cm³/mol. The van der Waals surface area contributed by atoms with Crippen molar-refractivity contribution in [2.75, 3.05) is 25.2 Å². The summed E-state index contributed by atoms with van der Waals surface area (Å²) in [5, 5.41) is 9.73. The molecular formula is C28H35FN2O5Si. The van der Waals surface area contributed by atoms with E-state index in [1.54, 1.807) is 36.1 Å². The smallest absolute Gasteiger partial charge is 0.268 e. The van der Waals surface area contributed by atoms with Gasteiger partial charge < -0.3 is 23.6 Å². The SMILES string of the molecule is COc1ccc2c(c1)[C@]1(O[C@@H](CC(=O)N3CCC[C@H]3CO)[C@H]([Si](C)(C)F)[C@H]1C)C(=O)N2c1ccccc1. The lowest BCUT2D eigenvalue weighted by Gasteiger charge is -2.31. The highest BCUT2D eigenvalue weighted by molar-refractivity contribution is 6.72. The van der Waals surface area contributed by atoms with E-state index in [4.69, 9.17) is 9.47 Å². The standard InChI is InChI=1S/C28H35FN2O5Si/c1-18-26(37(3,4)29)24(16-25(33)30-14-8-11-20(30)17-32)36-28(18)22-15-21(35-2)12-13-23(22)31(27(28)34)19-9-6-5-7-10-19/h5-7,9-10,12-13,15,18,20,24,26,32H,8,11,14,16-17H2,1-4H3/t18-,20+,24+,26-,28+/m1/s1. The number of fused-ring (bicyclic) bond motifs is 2. The van der Waals surface area contributed by atoms with E-state index in [0.29, 0.717) is 29.2 Å². The molecule has 0 bridgehead atoms. The minimum Gasteiger partial charge on any atom is -0.497 e. The topological polar surface area (TPSA) is 79.3 Å². The molecule has 2 saturated heterocycles. The lowest BCUT2D eigenvalue weighted by Crippen LogP contribution is -2.44. The molecular weight excluding hydrogens is 491 g/mol. The van der Waals surface area contributed by atoms with E-state index < -0.39 is 31.6 Å². The Kier molecular flexibility index (Phi) is 6.66. The highest BCUT2D eigenvalue weighted by Crippen LogP contribution is 2.61. The first-order chi connectivity index (χ1) is 17.6. The van der Waals surface area contributed by atoms with Crippen LogP contribution in [0.25, 0.3) is 0 Å². The predicted octanol–water partition coefficient (Wildman–Crippen LogP) is 4.52. The van der Waals surface area contributed by atoms with E-state index in [1.165, 1.54) is 0 Å². The summed E-state index contributed by atoms with van der Waals surface area (Å²) in [6.45, 7) is 5.61. The normalized spacial score (nSPS) is 29.3. The molecule has 3 aliphatic rings. The fourth-order valence-electron chi connectivity index (χ4n) is 6.76. The van der Waals surface area contributed by atoms with Crippen LogP contribution in [-0.2, 0) is 19.9 Å². The molecule has 37 heavy (non-hydrogen) atoms. The number of anilines is 2. The molecule has 3 heterocycles. The molecule has 0 radical (unpaired) electrons. The number of nitrogens with zero attached hydrogens (tertiary/aromatic N) is 2. The number of rotatable bonds is 6. The Hall–Kier alpha value is -2.75. The third-order valence-corrected chi connectivity index (χ3v) is 10.8. The zero-order chi connectivity index (χ0) is 26.5. The second-order valence-corrected chi connectivity index (χ2v) is 14.7. The Balaban J connectivity index is 1.59. The summed E-state index contributed by atoms with van der Waals surface area (Å²) in [6, 6.07) is 14.6. The van der Waals surface area contributed by atoms with E-state index in [-0.39, 0.29) is 30.9 Å². The van der Waals surface area contributed by atoms with Gasteiger partial charge in [0, 0.05) is 29.3 Å². The quantitative estimate of drug-likeness (QED) is 0.442. The molecule has 2 amide bonds. The summed E-state index contributed by atoms with van der Waals surface area (Å²) in [6.07, 6.45) is 0.796. The number of methoxy groups -OCH3 is 1. The number of benzene rings is 2. The number of halogens is 1. The fraction of sp³-hybridized carbons (Fsp3) is 0.500. The maximum absolute atomic E-state index is 16.0. The molecule has 5 rings (SSSR count). The van der Waals surface area contributed by atoms with Crippen LogP contribution in [-0.4, -0.2) is 62.6 Å². The first-order valence-electron chi connectivity index (χ1n) is 13.0. The lowest BCUT2D eigenvalue weighted by atomic mass is 9.82. The second kappa shape index (κ2) is 9.52. The highest BCUT2D eigenvalue weighted by Gasteiger charge is 2.67. The van der Waals surface area contributed by atoms with Crippen LogP contribution >= 0.6 is 0 Å². The van der Waals surface area contributed by atoms with Crippen LogP contribution in [0.3, 0.4) is 0 Å². The molecule has 1 N–H and O–H groups in total. The Morgan fingerprint density at radius 1 is 1.24 bits per heavy atom. The maximum Gasteiger partial charge on any atom is 0.268 e. The van der Waals surface area contributed by atoms with Crippen molar-refractivity contribution in [1.82, 2.24) is 4.90 Å². The minimum absolute atomic E-state index is 0.0223. The van der Waals surface area contributed by atoms with Crippen LogP contribution in [0.4, 0.5) is 15.5 Å². The van der Waals surface area contributed by atoms with Crippen molar-refractivity contribution < 1.29 is 28.3 Å². The number of carbonyl (C=O) groups excluding carboxylic acids is 2. The zero-order valence-electron chi connectivity index (χ0n) is 21.8. The molecule has 5 atom stereocenters. The monoisotopic (exact) mass is 526 g/mol. The van der Waals surface area contributed by atoms with E-state index in [2.05, 4.69) is 0 Å². The van der Waals surface area contributed by atoms with Crippen LogP contribution in [0.15, 0.2) is 48.5 Å². The van der Waals surface area contributed by atoms with E-state index >= 15 is 4.11 Å². The van der Waals surface area contributed by atoms with Crippen LogP contribution < -0.4 is 9.64 Å². The Morgan fingerprint density at radius 2 is 1.97 bits per heavy atom. The number of aliphatic hydroxyl groups is 1. The average molecular weight is 527 g/mol. The van der Waals surface area contributed by atoms with Crippen molar-refractivity contribution in [2.45, 2.75) is 62.6 Å². The second-order valence-electron chi connectivity index (χ2n) is 10.9. The summed E-state index contributed by atoms with van der Waals surface area (Å²) in [4.78, 5) is 31.1. The number of carbonyl (C=O) groups is 2. The van der Waals surface area contributed by atoms with Gasteiger partial charge in [0.25, 0.3) is 5.91 Å². The van der Waals surface area contributed by atoms with Crippen molar-refractivity contribution in [3.63, 3.8) is 0 Å². The van der Waals surface area contributed by atoms with Crippen molar-refractivity contribution in [2.24, 2.45) is 5.92 Å². The van der Waals surface area contributed by atoms with Crippen molar-refractivity contribution in [3.05, 3.63) is 54.1 Å². The van der Waals surface area contributed by atoms with E-state index in [9.17, 15) is 14.7 Å². The van der Waals surface area contributed by atoms with Gasteiger partial charge in [-0.2, -0.15) is 0 Å². The molecule has 2 fully saturated rings. The first-order valence-corrected chi connectivity index (χ1v) is 15.9. The molecule has 7 nitrogen and oxygen atoms in total. The number of likely N-dealkylation sites (tertiary alicyclic amines) is 1. The van der Waals surface area contributed by atoms with Crippen molar-refractivity contribution >= 4 is 31.6 Å².